The maximum atomic E-state index is 5.66. The lowest BCUT2D eigenvalue weighted by atomic mass is 10.1. The number of halogens is 1. The van der Waals surface area contributed by atoms with Crippen molar-refractivity contribution in [1.82, 2.24) is 20.4 Å². The molecule has 0 aliphatic carbocycles. The Kier molecular flexibility index (Phi) is 9.65. The van der Waals surface area contributed by atoms with E-state index in [0.717, 1.165) is 57.0 Å². The number of hydrogen-bond acceptors (Lipinski definition) is 3. The summed E-state index contributed by atoms with van der Waals surface area (Å²) in [6.07, 6.45) is 4.53. The van der Waals surface area contributed by atoms with Gasteiger partial charge in [0, 0.05) is 38.0 Å². The van der Waals surface area contributed by atoms with E-state index < -0.39 is 0 Å². The molecule has 1 aromatic rings. The largest absolute Gasteiger partial charge is 0.376 e. The first-order valence-electron chi connectivity index (χ1n) is 8.86. The van der Waals surface area contributed by atoms with E-state index in [9.17, 15) is 0 Å². The average Bonchev–Trinajstić information content (AvgIpc) is 3.17. The van der Waals surface area contributed by atoms with Gasteiger partial charge in [0.15, 0.2) is 5.96 Å². The van der Waals surface area contributed by atoms with E-state index in [-0.39, 0.29) is 24.0 Å². The minimum Gasteiger partial charge on any atom is -0.376 e. The normalized spacial score (nSPS) is 17.7. The molecule has 2 heterocycles. The maximum absolute atomic E-state index is 5.66. The quantitative estimate of drug-likeness (QED) is 0.381. The van der Waals surface area contributed by atoms with Gasteiger partial charge in [-0.1, -0.05) is 13.8 Å². The van der Waals surface area contributed by atoms with E-state index >= 15 is 0 Å². The van der Waals surface area contributed by atoms with E-state index in [1.54, 1.807) is 0 Å². The van der Waals surface area contributed by atoms with Crippen LogP contribution in [-0.2, 0) is 31.2 Å². The highest BCUT2D eigenvalue weighted by atomic mass is 127. The van der Waals surface area contributed by atoms with Crippen LogP contribution in [0.1, 0.15) is 50.6 Å². The number of aromatic nitrogens is 2. The number of ether oxygens (including phenoxy) is 1. The number of aliphatic imine (C=N–C) groups is 1. The van der Waals surface area contributed by atoms with Crippen molar-refractivity contribution in [2.24, 2.45) is 12.0 Å². The van der Waals surface area contributed by atoms with Gasteiger partial charge in [0.1, 0.15) is 0 Å². The molecule has 0 radical (unpaired) electrons. The Morgan fingerprint density at radius 1 is 1.29 bits per heavy atom. The molecule has 1 fully saturated rings. The van der Waals surface area contributed by atoms with Crippen molar-refractivity contribution in [2.75, 3.05) is 19.7 Å². The van der Waals surface area contributed by atoms with Gasteiger partial charge in [-0.25, -0.2) is 4.99 Å². The van der Waals surface area contributed by atoms with Gasteiger partial charge in [0.2, 0.25) is 0 Å². The average molecular weight is 449 g/mol. The first-order chi connectivity index (χ1) is 11.2. The van der Waals surface area contributed by atoms with Crippen LogP contribution in [0.5, 0.6) is 0 Å². The van der Waals surface area contributed by atoms with E-state index in [0.29, 0.717) is 12.6 Å². The van der Waals surface area contributed by atoms with Gasteiger partial charge in [0.05, 0.1) is 18.3 Å². The number of aryl methyl sites for hydroxylation is 2. The summed E-state index contributed by atoms with van der Waals surface area (Å²) in [4.78, 5) is 4.76. The molecule has 6 nitrogen and oxygen atoms in total. The predicted octanol–water partition coefficient (Wildman–Crippen LogP) is 2.40. The summed E-state index contributed by atoms with van der Waals surface area (Å²) < 4.78 is 7.66. The first-order valence-corrected chi connectivity index (χ1v) is 8.86. The second kappa shape index (κ2) is 10.9. The Labute approximate surface area is 162 Å². The zero-order valence-electron chi connectivity index (χ0n) is 15.4. The Balaban J connectivity index is 0.00000288. The summed E-state index contributed by atoms with van der Waals surface area (Å²) in [5.74, 6) is 0.857. The Hall–Kier alpha value is -0.830. The second-order valence-corrected chi connectivity index (χ2v) is 5.91. The third kappa shape index (κ3) is 5.61. The summed E-state index contributed by atoms with van der Waals surface area (Å²) in [5, 5.41) is 11.3. The zero-order chi connectivity index (χ0) is 16.7. The van der Waals surface area contributed by atoms with Crippen LogP contribution in [0.3, 0.4) is 0 Å². The van der Waals surface area contributed by atoms with Crippen LogP contribution in [0, 0.1) is 0 Å². The molecule has 0 spiro atoms. The third-order valence-corrected chi connectivity index (χ3v) is 4.29. The minimum absolute atomic E-state index is 0. The predicted molar refractivity (Wildman–Crippen MR) is 109 cm³/mol. The van der Waals surface area contributed by atoms with Gasteiger partial charge in [-0.15, -0.1) is 24.0 Å². The van der Waals surface area contributed by atoms with Crippen molar-refractivity contribution >= 4 is 29.9 Å². The summed E-state index contributed by atoms with van der Waals surface area (Å²) in [7, 11) is 2.02. The molecule has 2 rings (SSSR count). The highest BCUT2D eigenvalue weighted by Crippen LogP contribution is 2.16. The summed E-state index contributed by atoms with van der Waals surface area (Å²) in [5.41, 5.74) is 3.70. The highest BCUT2D eigenvalue weighted by Gasteiger charge is 2.16. The lowest BCUT2D eigenvalue weighted by Crippen LogP contribution is -2.41. The number of rotatable bonds is 7. The second-order valence-electron chi connectivity index (χ2n) is 5.91. The van der Waals surface area contributed by atoms with Gasteiger partial charge >= 0.3 is 0 Å². The zero-order valence-corrected chi connectivity index (χ0v) is 17.7. The topological polar surface area (TPSA) is 63.5 Å². The molecular formula is C17H32IN5O. The van der Waals surface area contributed by atoms with Gasteiger partial charge in [0.25, 0.3) is 0 Å². The molecule has 1 aromatic heterocycles. The molecule has 0 aromatic carbocycles. The maximum Gasteiger partial charge on any atom is 0.191 e. The van der Waals surface area contributed by atoms with Crippen molar-refractivity contribution in [3.63, 3.8) is 0 Å². The van der Waals surface area contributed by atoms with Gasteiger partial charge < -0.3 is 15.4 Å². The number of hydrogen-bond donors (Lipinski definition) is 2. The molecule has 0 saturated carbocycles. The van der Waals surface area contributed by atoms with E-state index in [1.165, 1.54) is 11.3 Å². The van der Waals surface area contributed by atoms with Crippen molar-refractivity contribution in [1.29, 1.82) is 0 Å². The van der Waals surface area contributed by atoms with Crippen LogP contribution in [-0.4, -0.2) is 41.5 Å². The molecule has 0 bridgehead atoms. The van der Waals surface area contributed by atoms with E-state index in [1.807, 2.05) is 11.7 Å². The van der Waals surface area contributed by atoms with Crippen LogP contribution < -0.4 is 10.6 Å². The smallest absolute Gasteiger partial charge is 0.191 e. The molecule has 24 heavy (non-hydrogen) atoms. The van der Waals surface area contributed by atoms with Crippen LogP contribution in [0.15, 0.2) is 4.99 Å². The van der Waals surface area contributed by atoms with Gasteiger partial charge in [-0.2, -0.15) is 5.10 Å². The minimum atomic E-state index is 0. The summed E-state index contributed by atoms with van der Waals surface area (Å²) >= 11 is 0. The molecule has 1 aliphatic rings. The van der Waals surface area contributed by atoms with Crippen molar-refractivity contribution in [3.05, 3.63) is 17.0 Å². The third-order valence-electron chi connectivity index (χ3n) is 4.29. The fraction of sp³-hybridized carbons (Fsp3) is 0.765. The van der Waals surface area contributed by atoms with E-state index in [2.05, 4.69) is 36.5 Å². The van der Waals surface area contributed by atoms with Crippen LogP contribution in [0.25, 0.3) is 0 Å². The molecule has 1 unspecified atom stereocenters. The highest BCUT2D eigenvalue weighted by molar-refractivity contribution is 14.0. The molecule has 1 aliphatic heterocycles. The van der Waals surface area contributed by atoms with Crippen LogP contribution >= 0.6 is 24.0 Å². The molecule has 138 valence electrons. The molecule has 7 heteroatoms. The van der Waals surface area contributed by atoms with Crippen molar-refractivity contribution in [2.45, 2.75) is 59.1 Å². The fourth-order valence-corrected chi connectivity index (χ4v) is 3.09. The summed E-state index contributed by atoms with van der Waals surface area (Å²) in [6, 6.07) is 0. The molecular weight excluding hydrogens is 417 g/mol. The van der Waals surface area contributed by atoms with Crippen molar-refractivity contribution in [3.8, 4) is 0 Å². The van der Waals surface area contributed by atoms with Crippen molar-refractivity contribution < 1.29 is 4.74 Å². The van der Waals surface area contributed by atoms with E-state index in [4.69, 9.17) is 9.73 Å². The standard InChI is InChI=1S/C17H31N5O.HI/c1-5-15-14(16(6-2)22(4)21-15)12-20-17(18-7-3)19-11-13-9-8-10-23-13;/h13H,5-12H2,1-4H3,(H2,18,19,20);1H. The van der Waals surface area contributed by atoms with Crippen LogP contribution in [0.2, 0.25) is 0 Å². The van der Waals surface area contributed by atoms with Crippen LogP contribution in [0.4, 0.5) is 0 Å². The lowest BCUT2D eigenvalue weighted by Gasteiger charge is -2.15. The first kappa shape index (κ1) is 21.2. The number of nitrogens with one attached hydrogen (secondary N) is 2. The number of nitrogens with zero attached hydrogens (tertiary/aromatic N) is 3. The Morgan fingerprint density at radius 3 is 2.67 bits per heavy atom. The Morgan fingerprint density at radius 2 is 2.08 bits per heavy atom. The lowest BCUT2D eigenvalue weighted by molar-refractivity contribution is 0.114. The molecule has 0 amide bonds. The van der Waals surface area contributed by atoms with Gasteiger partial charge in [-0.3, -0.25) is 4.68 Å². The summed E-state index contributed by atoms with van der Waals surface area (Å²) in [6.45, 7) is 9.63. The Bertz CT molecular complexity index is 523. The number of guanidine groups is 1. The fourth-order valence-electron chi connectivity index (χ4n) is 3.09. The monoisotopic (exact) mass is 449 g/mol. The molecule has 2 N–H and O–H groups in total. The molecule has 1 atom stereocenters. The SMILES string of the molecule is CCNC(=NCc1c(CC)nn(C)c1CC)NCC1CCCO1.I. The van der Waals surface area contributed by atoms with Gasteiger partial charge in [-0.05, 0) is 32.6 Å². The molecule has 1 saturated heterocycles.